The minimum Gasteiger partial charge on any atom is -0.323 e. The van der Waals surface area contributed by atoms with E-state index in [2.05, 4.69) is 36.7 Å². The summed E-state index contributed by atoms with van der Waals surface area (Å²) in [5, 5.41) is 0.725. The maximum atomic E-state index is 6.15. The maximum absolute atomic E-state index is 6.15. The molecule has 15 heavy (non-hydrogen) atoms. The number of halogens is 3. The van der Waals surface area contributed by atoms with Crippen molar-refractivity contribution in [2.24, 2.45) is 11.1 Å². The number of hydrogen-bond acceptors (Lipinski definition) is 1. The topological polar surface area (TPSA) is 26.0 Å². The van der Waals surface area contributed by atoms with Crippen LogP contribution >= 0.6 is 39.9 Å². The monoisotopic (exact) mass is 311 g/mol. The number of hydrogen-bond donors (Lipinski definition) is 1. The second-order valence-electron chi connectivity index (χ2n) is 4.51. The molecule has 0 fully saturated rings. The first kappa shape index (κ1) is 15.2. The van der Waals surface area contributed by atoms with Crippen molar-refractivity contribution in [3.05, 3.63) is 33.3 Å². The molecule has 0 aliphatic rings. The maximum Gasteiger partial charge on any atom is 0.0410 e. The molecule has 0 saturated carbocycles. The summed E-state index contributed by atoms with van der Waals surface area (Å²) in [7, 11) is 0. The van der Waals surface area contributed by atoms with Gasteiger partial charge in [0.05, 0.1) is 0 Å². The largest absolute Gasteiger partial charge is 0.323 e. The van der Waals surface area contributed by atoms with Gasteiger partial charge in [0.2, 0.25) is 0 Å². The van der Waals surface area contributed by atoms with Crippen LogP contribution < -0.4 is 5.73 Å². The highest BCUT2D eigenvalue weighted by atomic mass is 79.9. The van der Waals surface area contributed by atoms with Gasteiger partial charge >= 0.3 is 0 Å². The van der Waals surface area contributed by atoms with E-state index in [-0.39, 0.29) is 23.9 Å². The molecule has 1 rings (SSSR count). The van der Waals surface area contributed by atoms with Crippen LogP contribution in [0.3, 0.4) is 0 Å². The Kier molecular flexibility index (Phi) is 5.62. The molecule has 86 valence electrons. The highest BCUT2D eigenvalue weighted by molar-refractivity contribution is 9.10. The Bertz CT molecular complexity index is 334. The van der Waals surface area contributed by atoms with Gasteiger partial charge in [0.1, 0.15) is 0 Å². The van der Waals surface area contributed by atoms with Gasteiger partial charge in [0.15, 0.2) is 0 Å². The summed E-state index contributed by atoms with van der Waals surface area (Å²) in [5.74, 6) is 0. The molecule has 0 unspecified atom stereocenters. The molecule has 2 N–H and O–H groups in total. The zero-order valence-corrected chi connectivity index (χ0v) is 12.2. The Labute approximate surface area is 111 Å². The zero-order valence-electron chi connectivity index (χ0n) is 9.05. The van der Waals surface area contributed by atoms with E-state index >= 15 is 0 Å². The summed E-state index contributed by atoms with van der Waals surface area (Å²) in [4.78, 5) is 0. The van der Waals surface area contributed by atoms with E-state index < -0.39 is 0 Å². The van der Waals surface area contributed by atoms with Crippen LogP contribution in [0.15, 0.2) is 22.7 Å². The van der Waals surface area contributed by atoms with E-state index in [1.54, 1.807) is 0 Å². The molecule has 0 aliphatic carbocycles. The average molecular weight is 313 g/mol. The lowest BCUT2D eigenvalue weighted by atomic mass is 9.83. The lowest BCUT2D eigenvalue weighted by molar-refractivity contribution is 0.326. The van der Waals surface area contributed by atoms with Crippen LogP contribution in [0.2, 0.25) is 5.02 Å². The van der Waals surface area contributed by atoms with Crippen LogP contribution in [-0.2, 0) is 0 Å². The van der Waals surface area contributed by atoms with Crippen LogP contribution in [0.1, 0.15) is 32.4 Å². The highest BCUT2D eigenvalue weighted by Crippen LogP contribution is 2.35. The lowest BCUT2D eigenvalue weighted by Gasteiger charge is -2.28. The highest BCUT2D eigenvalue weighted by Gasteiger charge is 2.24. The summed E-state index contributed by atoms with van der Waals surface area (Å²) in [6.45, 7) is 6.35. The van der Waals surface area contributed by atoms with Gasteiger partial charge in [-0.25, -0.2) is 0 Å². The molecule has 0 aliphatic heterocycles. The van der Waals surface area contributed by atoms with Crippen molar-refractivity contribution in [3.63, 3.8) is 0 Å². The van der Waals surface area contributed by atoms with Gasteiger partial charge in [-0.2, -0.15) is 0 Å². The van der Waals surface area contributed by atoms with Crippen LogP contribution in [0.5, 0.6) is 0 Å². The Morgan fingerprint density at radius 3 is 2.33 bits per heavy atom. The normalized spacial score (nSPS) is 13.2. The van der Waals surface area contributed by atoms with Gasteiger partial charge in [-0.1, -0.05) is 48.3 Å². The predicted molar refractivity (Wildman–Crippen MR) is 72.8 cm³/mol. The van der Waals surface area contributed by atoms with Crippen molar-refractivity contribution < 1.29 is 0 Å². The molecular weight excluding hydrogens is 297 g/mol. The Morgan fingerprint density at radius 1 is 1.33 bits per heavy atom. The summed E-state index contributed by atoms with van der Waals surface area (Å²) < 4.78 is 1.02. The van der Waals surface area contributed by atoms with E-state index in [4.69, 9.17) is 17.3 Å². The van der Waals surface area contributed by atoms with Crippen LogP contribution in [0.4, 0.5) is 0 Å². The average Bonchev–Trinajstić information content (AvgIpc) is 2.06. The Balaban J connectivity index is 0.00000196. The second kappa shape index (κ2) is 5.53. The van der Waals surface area contributed by atoms with Crippen molar-refractivity contribution in [1.82, 2.24) is 0 Å². The van der Waals surface area contributed by atoms with E-state index in [0.717, 1.165) is 15.1 Å². The molecule has 1 nitrogen and oxygen atoms in total. The predicted octanol–water partition coefficient (Wildman–Crippen LogP) is 4.57. The fraction of sp³-hybridized carbons (Fsp3) is 0.455. The fourth-order valence-electron chi connectivity index (χ4n) is 1.22. The van der Waals surface area contributed by atoms with E-state index in [1.807, 2.05) is 18.2 Å². The van der Waals surface area contributed by atoms with Gasteiger partial charge < -0.3 is 5.73 Å². The quantitative estimate of drug-likeness (QED) is 0.807. The molecule has 1 aromatic rings. The van der Waals surface area contributed by atoms with Crippen molar-refractivity contribution in [1.29, 1.82) is 0 Å². The molecule has 0 spiro atoms. The van der Waals surface area contributed by atoms with Crippen LogP contribution in [-0.4, -0.2) is 0 Å². The van der Waals surface area contributed by atoms with E-state index in [9.17, 15) is 0 Å². The van der Waals surface area contributed by atoms with Gasteiger partial charge in [-0.15, -0.1) is 12.4 Å². The van der Waals surface area contributed by atoms with E-state index in [1.165, 1.54) is 0 Å². The first-order chi connectivity index (χ1) is 6.32. The minimum atomic E-state index is -0.0180. The third-order valence-electron chi connectivity index (χ3n) is 2.23. The molecule has 1 aromatic carbocycles. The van der Waals surface area contributed by atoms with Crippen molar-refractivity contribution in [2.45, 2.75) is 26.8 Å². The fourth-order valence-corrected chi connectivity index (χ4v) is 1.89. The van der Waals surface area contributed by atoms with Crippen LogP contribution in [0.25, 0.3) is 0 Å². The smallest absolute Gasteiger partial charge is 0.0410 e. The minimum absolute atomic E-state index is 0. The molecule has 0 amide bonds. The van der Waals surface area contributed by atoms with Gasteiger partial charge in [0.25, 0.3) is 0 Å². The molecule has 0 aromatic heterocycles. The van der Waals surface area contributed by atoms with Gasteiger partial charge in [-0.3, -0.25) is 0 Å². The van der Waals surface area contributed by atoms with Gasteiger partial charge in [0, 0.05) is 15.5 Å². The van der Waals surface area contributed by atoms with Crippen molar-refractivity contribution in [2.75, 3.05) is 0 Å². The Morgan fingerprint density at radius 2 is 1.87 bits per heavy atom. The Hall–Kier alpha value is 0.240. The third-order valence-corrected chi connectivity index (χ3v) is 3.18. The number of benzene rings is 1. The number of rotatable bonds is 1. The summed E-state index contributed by atoms with van der Waals surface area (Å²) in [5.41, 5.74) is 7.25. The van der Waals surface area contributed by atoms with E-state index in [0.29, 0.717) is 0 Å². The summed E-state index contributed by atoms with van der Waals surface area (Å²) in [6, 6.07) is 5.69. The van der Waals surface area contributed by atoms with Crippen LogP contribution in [0, 0.1) is 5.41 Å². The first-order valence-corrected chi connectivity index (χ1v) is 5.70. The third kappa shape index (κ3) is 3.95. The molecule has 4 heteroatoms. The first-order valence-electron chi connectivity index (χ1n) is 4.53. The van der Waals surface area contributed by atoms with Crippen molar-refractivity contribution in [3.8, 4) is 0 Å². The standard InChI is InChI=1S/C11H15BrClN.ClH/c1-11(2,3)10(14)8-6-7(13)4-5-9(8)12;/h4-6,10H,14H2,1-3H3;1H/t10-;/m1./s1. The SMILES string of the molecule is CC(C)(C)[C@H](N)c1cc(Cl)ccc1Br.Cl. The lowest BCUT2D eigenvalue weighted by Crippen LogP contribution is -2.26. The van der Waals surface area contributed by atoms with Crippen molar-refractivity contribution >= 4 is 39.9 Å². The van der Waals surface area contributed by atoms with Gasteiger partial charge in [-0.05, 0) is 29.2 Å². The molecule has 1 atom stereocenters. The molecule has 0 heterocycles. The zero-order chi connectivity index (χ0) is 10.9. The summed E-state index contributed by atoms with van der Waals surface area (Å²) in [6.07, 6.45) is 0. The molecule has 0 saturated heterocycles. The molecule has 0 bridgehead atoms. The summed E-state index contributed by atoms with van der Waals surface area (Å²) >= 11 is 9.42. The molecular formula is C11H16BrCl2N. The number of nitrogens with two attached hydrogens (primary N) is 1. The second-order valence-corrected chi connectivity index (χ2v) is 5.80. The molecule has 0 radical (unpaired) electrons.